The first-order valence-electron chi connectivity index (χ1n) is 5.40. The smallest absolute Gasteiger partial charge is 0.321 e. The summed E-state index contributed by atoms with van der Waals surface area (Å²) in [5, 5.41) is 11.6. The number of carbonyl (C=O) groups is 2. The number of aliphatic carboxylic acids is 1. The predicted octanol–water partition coefficient (Wildman–Crippen LogP) is 1.42. The maximum atomic E-state index is 10.7. The molecule has 0 saturated carbocycles. The lowest BCUT2D eigenvalue weighted by molar-refractivity contribution is -0.139. The fourth-order valence-electron chi connectivity index (χ4n) is 1.27. The van der Waals surface area contributed by atoms with Crippen LogP contribution in [0.4, 0.5) is 0 Å². The molecule has 1 aromatic carbocycles. The van der Waals surface area contributed by atoms with Crippen LogP contribution in [0, 0.1) is 6.92 Å². The second-order valence-electron chi connectivity index (χ2n) is 3.60. The molecule has 0 fully saturated rings. The Labute approximate surface area is 102 Å². The quantitative estimate of drug-likeness (QED) is 0.777. The van der Waals surface area contributed by atoms with Crippen molar-refractivity contribution in [2.75, 3.05) is 7.05 Å². The Morgan fingerprint density at radius 2 is 1.88 bits per heavy atom. The van der Waals surface area contributed by atoms with Crippen molar-refractivity contribution in [3.05, 3.63) is 35.4 Å². The number of carboxylic acids is 1. The molecule has 0 unspecified atom stereocenters. The van der Waals surface area contributed by atoms with Crippen molar-refractivity contribution in [3.63, 3.8) is 0 Å². The zero-order chi connectivity index (χ0) is 13.3. The van der Waals surface area contributed by atoms with Crippen LogP contribution < -0.4 is 5.32 Å². The van der Waals surface area contributed by atoms with Gasteiger partial charge in [-0.2, -0.15) is 0 Å². The number of carboxylic acid groups (broad SMARTS) is 1. The van der Waals surface area contributed by atoms with Crippen molar-refractivity contribution in [3.8, 4) is 0 Å². The molecule has 0 saturated heterocycles. The van der Waals surface area contributed by atoms with Gasteiger partial charge in [0.15, 0.2) is 0 Å². The van der Waals surface area contributed by atoms with E-state index < -0.39 is 12.0 Å². The molecule has 0 spiro atoms. The highest BCUT2D eigenvalue weighted by atomic mass is 16.4. The summed E-state index contributed by atoms with van der Waals surface area (Å²) in [6.07, 6.45) is 1.27. The van der Waals surface area contributed by atoms with Gasteiger partial charge >= 0.3 is 5.97 Å². The maximum absolute atomic E-state index is 10.7. The van der Waals surface area contributed by atoms with Crippen molar-refractivity contribution >= 4 is 12.3 Å². The SMILES string of the molecule is CC=O.CN[C@@H](Cc1ccc(C)cc1)C(=O)O. The van der Waals surface area contributed by atoms with Crippen LogP contribution in [0.25, 0.3) is 0 Å². The van der Waals surface area contributed by atoms with Gasteiger partial charge in [-0.05, 0) is 32.9 Å². The van der Waals surface area contributed by atoms with Crippen molar-refractivity contribution < 1.29 is 14.7 Å². The molecule has 94 valence electrons. The number of aldehydes is 1. The second kappa shape index (κ2) is 8.47. The summed E-state index contributed by atoms with van der Waals surface area (Å²) in [6.45, 7) is 3.45. The van der Waals surface area contributed by atoms with Crippen LogP contribution in [0.1, 0.15) is 18.1 Å². The van der Waals surface area contributed by atoms with Gasteiger partial charge in [-0.1, -0.05) is 29.8 Å². The van der Waals surface area contributed by atoms with E-state index in [2.05, 4.69) is 5.32 Å². The van der Waals surface area contributed by atoms with E-state index in [0.717, 1.165) is 11.8 Å². The van der Waals surface area contributed by atoms with Gasteiger partial charge in [0, 0.05) is 0 Å². The first-order chi connectivity index (χ1) is 8.04. The minimum atomic E-state index is -0.812. The topological polar surface area (TPSA) is 66.4 Å². The first kappa shape index (κ1) is 15.3. The number of likely N-dealkylation sites (N-methyl/N-ethyl adjacent to an activating group) is 1. The Kier molecular flexibility index (Phi) is 7.63. The van der Waals surface area contributed by atoms with Crippen LogP contribution in [-0.2, 0) is 16.0 Å². The fraction of sp³-hybridized carbons (Fsp3) is 0.385. The predicted molar refractivity (Wildman–Crippen MR) is 67.1 cm³/mol. The zero-order valence-corrected chi connectivity index (χ0v) is 10.4. The Hall–Kier alpha value is -1.68. The van der Waals surface area contributed by atoms with Crippen LogP contribution in [0.3, 0.4) is 0 Å². The van der Waals surface area contributed by atoms with E-state index in [1.807, 2.05) is 31.2 Å². The molecule has 1 aromatic rings. The van der Waals surface area contributed by atoms with Crippen LogP contribution in [0.2, 0.25) is 0 Å². The Morgan fingerprint density at radius 3 is 2.24 bits per heavy atom. The average molecular weight is 237 g/mol. The molecule has 0 heterocycles. The van der Waals surface area contributed by atoms with Crippen molar-refractivity contribution in [2.24, 2.45) is 0 Å². The molecule has 1 rings (SSSR count). The van der Waals surface area contributed by atoms with Crippen LogP contribution in [0.15, 0.2) is 24.3 Å². The van der Waals surface area contributed by atoms with Gasteiger partial charge in [0.1, 0.15) is 12.3 Å². The van der Waals surface area contributed by atoms with Gasteiger partial charge in [0.2, 0.25) is 0 Å². The first-order valence-corrected chi connectivity index (χ1v) is 5.40. The number of hydrogen-bond donors (Lipinski definition) is 2. The second-order valence-corrected chi connectivity index (χ2v) is 3.60. The highest BCUT2D eigenvalue weighted by Crippen LogP contribution is 2.06. The molecular weight excluding hydrogens is 218 g/mol. The van der Waals surface area contributed by atoms with E-state index in [-0.39, 0.29) is 0 Å². The Morgan fingerprint density at radius 1 is 1.41 bits per heavy atom. The van der Waals surface area contributed by atoms with Crippen molar-refractivity contribution in [2.45, 2.75) is 26.3 Å². The monoisotopic (exact) mass is 237 g/mol. The molecule has 0 aliphatic rings. The summed E-state index contributed by atoms with van der Waals surface area (Å²) < 4.78 is 0. The summed E-state index contributed by atoms with van der Waals surface area (Å²) >= 11 is 0. The van der Waals surface area contributed by atoms with E-state index in [0.29, 0.717) is 6.42 Å². The van der Waals surface area contributed by atoms with Gasteiger partial charge in [-0.3, -0.25) is 4.79 Å². The molecule has 0 aliphatic carbocycles. The third-order valence-corrected chi connectivity index (χ3v) is 2.21. The average Bonchev–Trinajstić information content (AvgIpc) is 2.29. The minimum Gasteiger partial charge on any atom is -0.480 e. The number of benzene rings is 1. The molecule has 1 atom stereocenters. The lowest BCUT2D eigenvalue weighted by atomic mass is 10.0. The molecule has 2 N–H and O–H groups in total. The van der Waals surface area contributed by atoms with Gasteiger partial charge in [0.25, 0.3) is 0 Å². The molecule has 0 aromatic heterocycles. The van der Waals surface area contributed by atoms with Gasteiger partial charge in [-0.25, -0.2) is 0 Å². The van der Waals surface area contributed by atoms with E-state index >= 15 is 0 Å². The van der Waals surface area contributed by atoms with Crippen molar-refractivity contribution in [1.29, 1.82) is 0 Å². The van der Waals surface area contributed by atoms with E-state index in [9.17, 15) is 4.79 Å². The number of carbonyl (C=O) groups excluding carboxylic acids is 1. The zero-order valence-electron chi connectivity index (χ0n) is 10.4. The number of hydrogen-bond acceptors (Lipinski definition) is 3. The lowest BCUT2D eigenvalue weighted by Crippen LogP contribution is -2.35. The molecule has 17 heavy (non-hydrogen) atoms. The number of aryl methyl sites for hydroxylation is 1. The van der Waals surface area contributed by atoms with Gasteiger partial charge < -0.3 is 15.2 Å². The molecule has 4 nitrogen and oxygen atoms in total. The summed E-state index contributed by atoms with van der Waals surface area (Å²) in [4.78, 5) is 19.5. The summed E-state index contributed by atoms with van der Waals surface area (Å²) in [5.41, 5.74) is 2.22. The molecule has 4 heteroatoms. The maximum Gasteiger partial charge on any atom is 0.321 e. The van der Waals surface area contributed by atoms with Crippen LogP contribution in [-0.4, -0.2) is 30.5 Å². The molecule has 0 amide bonds. The van der Waals surface area contributed by atoms with E-state index in [1.165, 1.54) is 12.5 Å². The normalized spacial score (nSPS) is 11.0. The largest absolute Gasteiger partial charge is 0.480 e. The van der Waals surface area contributed by atoms with Crippen LogP contribution >= 0.6 is 0 Å². The minimum absolute atomic E-state index is 0.502. The lowest BCUT2D eigenvalue weighted by Gasteiger charge is -2.10. The van der Waals surface area contributed by atoms with Crippen LogP contribution in [0.5, 0.6) is 0 Å². The fourth-order valence-corrected chi connectivity index (χ4v) is 1.27. The standard InChI is InChI=1S/C11H15NO2.C2H4O/c1-8-3-5-9(6-4-8)7-10(12-2)11(13)14;1-2-3/h3-6,10,12H,7H2,1-2H3,(H,13,14);2H,1H3/t10-;/m0./s1. The summed E-state index contributed by atoms with van der Waals surface area (Å²) in [6, 6.07) is 7.40. The Balaban J connectivity index is 0.000000770. The van der Waals surface area contributed by atoms with Crippen molar-refractivity contribution in [1.82, 2.24) is 5.32 Å². The number of nitrogens with one attached hydrogen (secondary N) is 1. The summed E-state index contributed by atoms with van der Waals surface area (Å²) in [7, 11) is 1.66. The Bertz CT molecular complexity index is 346. The van der Waals surface area contributed by atoms with Gasteiger partial charge in [0.05, 0.1) is 0 Å². The third-order valence-electron chi connectivity index (χ3n) is 2.21. The third kappa shape index (κ3) is 6.48. The van der Waals surface area contributed by atoms with Gasteiger partial charge in [-0.15, -0.1) is 0 Å². The molecule has 0 aliphatic heterocycles. The molecular formula is C13H19NO3. The van der Waals surface area contributed by atoms with E-state index in [4.69, 9.17) is 9.90 Å². The number of rotatable bonds is 4. The molecule has 0 bridgehead atoms. The summed E-state index contributed by atoms with van der Waals surface area (Å²) in [5.74, 6) is -0.812. The highest BCUT2D eigenvalue weighted by molar-refractivity contribution is 5.73. The van der Waals surface area contributed by atoms with E-state index in [1.54, 1.807) is 7.05 Å². The highest BCUT2D eigenvalue weighted by Gasteiger charge is 2.14. The molecule has 0 radical (unpaired) electrons.